The van der Waals surface area contributed by atoms with Gasteiger partial charge in [0.05, 0.1) is 6.26 Å². The van der Waals surface area contributed by atoms with E-state index in [1.165, 1.54) is 5.56 Å². The Bertz CT molecular complexity index is 1010. The zero-order valence-corrected chi connectivity index (χ0v) is 18.9. The van der Waals surface area contributed by atoms with E-state index in [0.29, 0.717) is 12.3 Å². The molecule has 0 bridgehead atoms. The van der Waals surface area contributed by atoms with E-state index in [0.717, 1.165) is 52.1 Å². The molecule has 3 aromatic rings. The summed E-state index contributed by atoms with van der Waals surface area (Å²) in [6.07, 6.45) is 5.16. The topological polar surface area (TPSA) is 59.5 Å². The summed E-state index contributed by atoms with van der Waals surface area (Å²) in [4.78, 5) is 13.8. The van der Waals surface area contributed by atoms with Crippen molar-refractivity contribution in [2.75, 3.05) is 4.90 Å². The molecule has 1 amide bonds. The second-order valence-corrected chi connectivity index (χ2v) is 8.88. The second kappa shape index (κ2) is 9.67. The van der Waals surface area contributed by atoms with Crippen LogP contribution in [0.5, 0.6) is 0 Å². The molecule has 0 saturated heterocycles. The Balaban J connectivity index is 1.76. The van der Waals surface area contributed by atoms with Crippen LogP contribution in [0.25, 0.3) is 11.0 Å². The van der Waals surface area contributed by atoms with Crippen molar-refractivity contribution >= 4 is 34.7 Å². The number of amides is 1. The first-order chi connectivity index (χ1) is 14.3. The minimum absolute atomic E-state index is 0.0119. The van der Waals surface area contributed by atoms with E-state index in [-0.39, 0.29) is 12.1 Å². The summed E-state index contributed by atoms with van der Waals surface area (Å²) in [7, 11) is 0. The number of aryl methyl sites for hydroxylation is 1. The van der Waals surface area contributed by atoms with Crippen LogP contribution in [0.4, 0.5) is 5.69 Å². The molecule has 2 N–H and O–H groups in total. The molecule has 30 heavy (non-hydrogen) atoms. The van der Waals surface area contributed by atoms with Gasteiger partial charge in [0, 0.05) is 28.2 Å². The highest BCUT2D eigenvalue weighted by Crippen LogP contribution is 2.31. The van der Waals surface area contributed by atoms with Gasteiger partial charge in [-0.15, -0.1) is 0 Å². The lowest BCUT2D eigenvalue weighted by Crippen LogP contribution is -2.32. The van der Waals surface area contributed by atoms with E-state index in [9.17, 15) is 4.79 Å². The number of furan rings is 1. The molecule has 0 fully saturated rings. The molecule has 1 heterocycles. The summed E-state index contributed by atoms with van der Waals surface area (Å²) in [5, 5.41) is 1.79. The number of carbonyl (C=O) groups excluding carboxylic acids is 1. The SMILES string of the molecule is Cc1ccc(C(C)CCC(C)N(C=O)c2cc(CC(C)N)c3occc3c2)cc1Cl. The van der Waals surface area contributed by atoms with Crippen molar-refractivity contribution in [1.82, 2.24) is 0 Å². The molecule has 0 aliphatic heterocycles. The third-order valence-electron chi connectivity index (χ3n) is 5.82. The van der Waals surface area contributed by atoms with Crippen molar-refractivity contribution in [1.29, 1.82) is 0 Å². The van der Waals surface area contributed by atoms with Gasteiger partial charge in [-0.25, -0.2) is 0 Å². The van der Waals surface area contributed by atoms with Gasteiger partial charge in [-0.1, -0.05) is 30.7 Å². The van der Waals surface area contributed by atoms with Crippen molar-refractivity contribution in [3.8, 4) is 0 Å². The molecule has 5 heteroatoms. The van der Waals surface area contributed by atoms with E-state index in [1.807, 2.05) is 36.9 Å². The molecule has 0 aliphatic rings. The van der Waals surface area contributed by atoms with Gasteiger partial charge in [-0.05, 0) is 86.9 Å². The van der Waals surface area contributed by atoms with Crippen molar-refractivity contribution in [3.05, 3.63) is 64.4 Å². The molecule has 0 saturated carbocycles. The van der Waals surface area contributed by atoms with E-state index in [2.05, 4.69) is 32.0 Å². The molecule has 0 spiro atoms. The highest BCUT2D eigenvalue weighted by molar-refractivity contribution is 6.31. The van der Waals surface area contributed by atoms with Gasteiger partial charge in [0.25, 0.3) is 0 Å². The summed E-state index contributed by atoms with van der Waals surface area (Å²) >= 11 is 6.29. The molecule has 0 radical (unpaired) electrons. The van der Waals surface area contributed by atoms with Gasteiger partial charge in [0.1, 0.15) is 5.58 Å². The van der Waals surface area contributed by atoms with E-state index < -0.39 is 0 Å². The van der Waals surface area contributed by atoms with Gasteiger partial charge in [0.2, 0.25) is 6.41 Å². The van der Waals surface area contributed by atoms with E-state index in [4.69, 9.17) is 21.8 Å². The Morgan fingerprint density at radius 1 is 1.13 bits per heavy atom. The van der Waals surface area contributed by atoms with Crippen LogP contribution in [-0.2, 0) is 11.2 Å². The second-order valence-electron chi connectivity index (χ2n) is 8.47. The maximum absolute atomic E-state index is 12.0. The van der Waals surface area contributed by atoms with Crippen LogP contribution in [0, 0.1) is 6.92 Å². The molecular formula is C25H31ClN2O2. The first-order valence-corrected chi connectivity index (χ1v) is 10.9. The predicted octanol–water partition coefficient (Wildman–Crippen LogP) is 6.22. The van der Waals surface area contributed by atoms with E-state index in [1.54, 1.807) is 6.26 Å². The van der Waals surface area contributed by atoms with Gasteiger partial charge < -0.3 is 15.1 Å². The Morgan fingerprint density at radius 2 is 1.90 bits per heavy atom. The molecule has 0 aliphatic carbocycles. The molecule has 3 rings (SSSR count). The Hall–Kier alpha value is -2.30. The number of anilines is 1. The molecule has 160 valence electrons. The van der Waals surface area contributed by atoms with Gasteiger partial charge in [0.15, 0.2) is 0 Å². The Labute approximate surface area is 184 Å². The fraction of sp³-hybridized carbons (Fsp3) is 0.400. The first-order valence-electron chi connectivity index (χ1n) is 10.6. The van der Waals surface area contributed by atoms with Gasteiger partial charge in [-0.3, -0.25) is 4.79 Å². The minimum Gasteiger partial charge on any atom is -0.464 e. The number of hydrogen-bond acceptors (Lipinski definition) is 3. The fourth-order valence-corrected chi connectivity index (χ4v) is 4.11. The maximum atomic E-state index is 12.0. The number of halogens is 1. The average Bonchev–Trinajstić information content (AvgIpc) is 3.17. The van der Waals surface area contributed by atoms with Crippen LogP contribution in [-0.4, -0.2) is 18.5 Å². The lowest BCUT2D eigenvalue weighted by atomic mass is 9.93. The summed E-state index contributed by atoms with van der Waals surface area (Å²) in [5.74, 6) is 0.365. The third kappa shape index (κ3) is 5.05. The van der Waals surface area contributed by atoms with Crippen LogP contribution in [0.2, 0.25) is 5.02 Å². The van der Waals surface area contributed by atoms with Crippen LogP contribution in [0.3, 0.4) is 0 Å². The Kier molecular flexibility index (Phi) is 7.22. The minimum atomic E-state index is 0.0119. The van der Waals surface area contributed by atoms with Gasteiger partial charge >= 0.3 is 0 Å². The predicted molar refractivity (Wildman–Crippen MR) is 125 cm³/mol. The molecule has 2 aromatic carbocycles. The molecule has 3 atom stereocenters. The standard InChI is InChI=1S/C25H31ClN2O2/c1-16(20-8-6-17(2)24(26)14-20)5-7-19(4)28(15-29)23-12-21-9-10-30-25(21)22(13-23)11-18(3)27/h6,8-10,12-16,18-19H,5,7,11,27H2,1-4H3. The van der Waals surface area contributed by atoms with Crippen molar-refractivity contribution in [2.45, 2.75) is 65.0 Å². The fourth-order valence-electron chi connectivity index (χ4n) is 3.92. The smallest absolute Gasteiger partial charge is 0.214 e. The number of carbonyl (C=O) groups is 1. The van der Waals surface area contributed by atoms with Crippen LogP contribution in [0.1, 0.15) is 56.2 Å². The third-order valence-corrected chi connectivity index (χ3v) is 6.23. The quantitative estimate of drug-likeness (QED) is 0.413. The van der Waals surface area contributed by atoms with Gasteiger partial charge in [-0.2, -0.15) is 0 Å². The molecule has 1 aromatic heterocycles. The van der Waals surface area contributed by atoms with Crippen molar-refractivity contribution < 1.29 is 9.21 Å². The summed E-state index contributed by atoms with van der Waals surface area (Å²) in [6, 6.07) is 12.3. The summed E-state index contributed by atoms with van der Waals surface area (Å²) in [5.41, 5.74) is 11.1. The zero-order chi connectivity index (χ0) is 21.8. The number of fused-ring (bicyclic) bond motifs is 1. The number of hydrogen-bond donors (Lipinski definition) is 1. The van der Waals surface area contributed by atoms with Crippen LogP contribution in [0.15, 0.2) is 47.1 Å². The number of nitrogens with zero attached hydrogens (tertiary/aromatic N) is 1. The first kappa shape index (κ1) is 22.4. The molecular weight excluding hydrogens is 396 g/mol. The highest BCUT2D eigenvalue weighted by Gasteiger charge is 2.19. The normalized spacial score (nSPS) is 14.5. The summed E-state index contributed by atoms with van der Waals surface area (Å²) in [6.45, 7) is 8.28. The average molecular weight is 427 g/mol. The largest absolute Gasteiger partial charge is 0.464 e. The highest BCUT2D eigenvalue weighted by atomic mass is 35.5. The van der Waals surface area contributed by atoms with Crippen LogP contribution < -0.4 is 10.6 Å². The maximum Gasteiger partial charge on any atom is 0.214 e. The van der Waals surface area contributed by atoms with Crippen LogP contribution >= 0.6 is 11.6 Å². The lowest BCUT2D eigenvalue weighted by molar-refractivity contribution is -0.107. The number of benzene rings is 2. The Morgan fingerprint density at radius 3 is 2.57 bits per heavy atom. The number of rotatable bonds is 9. The van der Waals surface area contributed by atoms with Crippen molar-refractivity contribution in [2.24, 2.45) is 5.73 Å². The number of nitrogens with two attached hydrogens (primary N) is 1. The zero-order valence-electron chi connectivity index (χ0n) is 18.2. The summed E-state index contributed by atoms with van der Waals surface area (Å²) < 4.78 is 5.65. The molecule has 4 nitrogen and oxygen atoms in total. The van der Waals surface area contributed by atoms with Crippen molar-refractivity contribution in [3.63, 3.8) is 0 Å². The monoisotopic (exact) mass is 426 g/mol. The van der Waals surface area contributed by atoms with E-state index >= 15 is 0 Å². The lowest BCUT2D eigenvalue weighted by Gasteiger charge is -2.27. The molecule has 3 unspecified atom stereocenters.